The second-order valence-corrected chi connectivity index (χ2v) is 4.26. The Kier molecular flexibility index (Phi) is 2.59. The fraction of sp³-hybridized carbons (Fsp3) is 0.143. The first kappa shape index (κ1) is 11.5. The number of fused-ring (bicyclic) bond motifs is 1. The van der Waals surface area contributed by atoms with Gasteiger partial charge in [0.2, 0.25) is 0 Å². The summed E-state index contributed by atoms with van der Waals surface area (Å²) in [6.07, 6.45) is 1.49. The molecule has 2 aromatic heterocycles. The predicted octanol–water partition coefficient (Wildman–Crippen LogP) is 3.01. The van der Waals surface area contributed by atoms with E-state index >= 15 is 0 Å². The van der Waals surface area contributed by atoms with Gasteiger partial charge in [0.1, 0.15) is 5.52 Å². The van der Waals surface area contributed by atoms with E-state index in [4.69, 9.17) is 8.83 Å². The van der Waals surface area contributed by atoms with E-state index in [0.717, 1.165) is 5.56 Å². The van der Waals surface area contributed by atoms with Crippen molar-refractivity contribution in [1.29, 1.82) is 0 Å². The van der Waals surface area contributed by atoms with Crippen molar-refractivity contribution in [3.63, 3.8) is 0 Å². The molecule has 5 nitrogen and oxygen atoms in total. The number of aryl methyl sites for hydroxylation is 1. The minimum absolute atomic E-state index is 0.252. The molecular formula is C14H12N2O3. The summed E-state index contributed by atoms with van der Waals surface area (Å²) in [6, 6.07) is 9.36. The number of hydrogen-bond acceptors (Lipinski definition) is 4. The highest BCUT2D eigenvalue weighted by molar-refractivity contribution is 6.03. The molecular weight excluding hydrogens is 244 g/mol. The van der Waals surface area contributed by atoms with Crippen molar-refractivity contribution in [2.75, 3.05) is 11.9 Å². The summed E-state index contributed by atoms with van der Waals surface area (Å²) in [4.78, 5) is 17.8. The third-order valence-electron chi connectivity index (χ3n) is 2.93. The van der Waals surface area contributed by atoms with Crippen LogP contribution in [0.4, 0.5) is 6.01 Å². The fourth-order valence-electron chi connectivity index (χ4n) is 1.83. The van der Waals surface area contributed by atoms with Crippen LogP contribution in [-0.2, 0) is 0 Å². The lowest BCUT2D eigenvalue weighted by Crippen LogP contribution is -2.26. The molecule has 5 heteroatoms. The Morgan fingerprint density at radius 1 is 1.26 bits per heavy atom. The van der Waals surface area contributed by atoms with Crippen molar-refractivity contribution in [3.05, 3.63) is 47.9 Å². The lowest BCUT2D eigenvalue weighted by Gasteiger charge is -2.10. The molecule has 1 aromatic carbocycles. The number of nitrogens with zero attached hydrogens (tertiary/aromatic N) is 2. The van der Waals surface area contributed by atoms with E-state index in [2.05, 4.69) is 4.98 Å². The summed E-state index contributed by atoms with van der Waals surface area (Å²) in [7, 11) is 1.61. The zero-order valence-corrected chi connectivity index (χ0v) is 10.6. The van der Waals surface area contributed by atoms with Gasteiger partial charge in [-0.25, -0.2) is 0 Å². The molecule has 3 aromatic rings. The Morgan fingerprint density at radius 3 is 2.74 bits per heavy atom. The highest BCUT2D eigenvalue weighted by Crippen LogP contribution is 2.22. The van der Waals surface area contributed by atoms with E-state index in [-0.39, 0.29) is 11.9 Å². The number of furan rings is 1. The molecule has 0 bridgehead atoms. The standard InChI is InChI=1S/C14H12N2O3/c1-9-7-8-18-12(9)13(17)16(2)14-15-10-5-3-4-6-11(10)19-14/h3-8H,1-2H3. The maximum Gasteiger partial charge on any atom is 0.305 e. The minimum Gasteiger partial charge on any atom is -0.459 e. The third kappa shape index (κ3) is 1.89. The second-order valence-electron chi connectivity index (χ2n) is 4.26. The van der Waals surface area contributed by atoms with Crippen LogP contribution < -0.4 is 4.90 Å². The number of hydrogen-bond donors (Lipinski definition) is 0. The lowest BCUT2D eigenvalue weighted by molar-refractivity contribution is 0.0961. The Bertz CT molecular complexity index is 709. The number of rotatable bonds is 2. The fourth-order valence-corrected chi connectivity index (χ4v) is 1.83. The molecule has 1 amide bonds. The van der Waals surface area contributed by atoms with Gasteiger partial charge < -0.3 is 8.83 Å². The normalized spacial score (nSPS) is 10.8. The van der Waals surface area contributed by atoms with Crippen LogP contribution in [0.1, 0.15) is 16.1 Å². The Hall–Kier alpha value is -2.56. The number of oxazole rings is 1. The van der Waals surface area contributed by atoms with Gasteiger partial charge in [0.15, 0.2) is 11.3 Å². The molecule has 0 atom stereocenters. The number of benzene rings is 1. The van der Waals surface area contributed by atoms with Gasteiger partial charge in [-0.05, 0) is 25.1 Å². The van der Waals surface area contributed by atoms with Crippen LogP contribution in [0, 0.1) is 6.92 Å². The maximum absolute atomic E-state index is 12.2. The smallest absolute Gasteiger partial charge is 0.305 e. The van der Waals surface area contributed by atoms with Crippen molar-refractivity contribution in [2.45, 2.75) is 6.92 Å². The van der Waals surface area contributed by atoms with E-state index in [1.54, 1.807) is 13.1 Å². The van der Waals surface area contributed by atoms with Gasteiger partial charge in [-0.1, -0.05) is 12.1 Å². The van der Waals surface area contributed by atoms with Crippen LogP contribution in [0.5, 0.6) is 0 Å². The summed E-state index contributed by atoms with van der Waals surface area (Å²) >= 11 is 0. The van der Waals surface area contributed by atoms with Crippen molar-refractivity contribution >= 4 is 23.0 Å². The molecule has 0 unspecified atom stereocenters. The van der Waals surface area contributed by atoms with E-state index in [9.17, 15) is 4.79 Å². The van der Waals surface area contributed by atoms with E-state index in [1.165, 1.54) is 11.2 Å². The predicted molar refractivity (Wildman–Crippen MR) is 70.2 cm³/mol. The maximum atomic E-state index is 12.2. The van der Waals surface area contributed by atoms with E-state index < -0.39 is 0 Å². The van der Waals surface area contributed by atoms with Crippen molar-refractivity contribution in [2.24, 2.45) is 0 Å². The van der Waals surface area contributed by atoms with Crippen molar-refractivity contribution in [1.82, 2.24) is 4.98 Å². The molecule has 0 saturated carbocycles. The topological polar surface area (TPSA) is 59.5 Å². The number of carbonyl (C=O) groups excluding carboxylic acids is 1. The zero-order valence-electron chi connectivity index (χ0n) is 10.6. The van der Waals surface area contributed by atoms with Crippen LogP contribution in [0.25, 0.3) is 11.1 Å². The molecule has 3 rings (SSSR count). The van der Waals surface area contributed by atoms with Crippen LogP contribution in [0.3, 0.4) is 0 Å². The molecule has 0 fully saturated rings. The van der Waals surface area contributed by atoms with Gasteiger partial charge in [0, 0.05) is 12.6 Å². The summed E-state index contributed by atoms with van der Waals surface area (Å²) in [6.45, 7) is 1.82. The van der Waals surface area contributed by atoms with Crippen LogP contribution in [-0.4, -0.2) is 17.9 Å². The third-order valence-corrected chi connectivity index (χ3v) is 2.93. The highest BCUT2D eigenvalue weighted by Gasteiger charge is 2.22. The molecule has 0 N–H and O–H groups in total. The Morgan fingerprint density at radius 2 is 2.05 bits per heavy atom. The molecule has 0 spiro atoms. The molecule has 0 aliphatic rings. The monoisotopic (exact) mass is 256 g/mol. The zero-order chi connectivity index (χ0) is 13.4. The Balaban J connectivity index is 1.97. The molecule has 0 radical (unpaired) electrons. The van der Waals surface area contributed by atoms with Crippen LogP contribution >= 0.6 is 0 Å². The second kappa shape index (κ2) is 4.28. The van der Waals surface area contributed by atoms with Crippen LogP contribution in [0.15, 0.2) is 45.4 Å². The van der Waals surface area contributed by atoms with Gasteiger partial charge in [0.25, 0.3) is 5.91 Å². The number of carbonyl (C=O) groups is 1. The molecule has 19 heavy (non-hydrogen) atoms. The van der Waals surface area contributed by atoms with Crippen molar-refractivity contribution < 1.29 is 13.6 Å². The molecule has 0 aliphatic carbocycles. The average molecular weight is 256 g/mol. The van der Waals surface area contributed by atoms with E-state index in [1.807, 2.05) is 31.2 Å². The first-order valence-corrected chi connectivity index (χ1v) is 5.84. The van der Waals surface area contributed by atoms with Gasteiger partial charge >= 0.3 is 6.01 Å². The first-order valence-electron chi connectivity index (χ1n) is 5.84. The molecule has 0 saturated heterocycles. The largest absolute Gasteiger partial charge is 0.459 e. The minimum atomic E-state index is -0.283. The number of anilines is 1. The molecule has 96 valence electrons. The van der Waals surface area contributed by atoms with Gasteiger partial charge in [-0.3, -0.25) is 9.69 Å². The number of para-hydroxylation sites is 2. The number of amides is 1. The molecule has 0 aliphatic heterocycles. The lowest BCUT2D eigenvalue weighted by atomic mass is 10.2. The quantitative estimate of drug-likeness (QED) is 0.707. The van der Waals surface area contributed by atoms with E-state index in [0.29, 0.717) is 16.9 Å². The van der Waals surface area contributed by atoms with Crippen LogP contribution in [0.2, 0.25) is 0 Å². The van der Waals surface area contributed by atoms with Gasteiger partial charge in [-0.2, -0.15) is 4.98 Å². The Labute approximate surface area is 109 Å². The summed E-state index contributed by atoms with van der Waals surface area (Å²) < 4.78 is 10.7. The van der Waals surface area contributed by atoms with Crippen molar-refractivity contribution in [3.8, 4) is 0 Å². The molecule has 2 heterocycles. The summed E-state index contributed by atoms with van der Waals surface area (Å²) in [5.74, 6) is 0.0128. The number of aromatic nitrogens is 1. The highest BCUT2D eigenvalue weighted by atomic mass is 16.4. The first-order chi connectivity index (χ1) is 9.16. The average Bonchev–Trinajstić information content (AvgIpc) is 3.02. The van der Waals surface area contributed by atoms with Gasteiger partial charge in [0.05, 0.1) is 6.26 Å². The summed E-state index contributed by atoms with van der Waals surface area (Å²) in [5, 5.41) is 0. The SMILES string of the molecule is Cc1ccoc1C(=O)N(C)c1nc2ccccc2o1. The van der Waals surface area contributed by atoms with Gasteiger partial charge in [-0.15, -0.1) is 0 Å². The summed E-state index contributed by atoms with van der Waals surface area (Å²) in [5.41, 5.74) is 2.15.